The average Bonchev–Trinajstić information content (AvgIpc) is 2.97. The van der Waals surface area contributed by atoms with Gasteiger partial charge in [0.25, 0.3) is 0 Å². The largest absolute Gasteiger partial charge is 0.326 e. The van der Waals surface area contributed by atoms with Crippen LogP contribution in [0.4, 0.5) is 0 Å². The zero-order valence-corrected chi connectivity index (χ0v) is 10.3. The second-order valence-corrected chi connectivity index (χ2v) is 5.41. The zero-order valence-electron chi connectivity index (χ0n) is 9.52. The molecular weight excluding hydrogens is 204 g/mol. The number of hydrogen-bond acceptors (Lipinski definition) is 3. The highest BCUT2D eigenvalue weighted by atomic mass is 32.1. The van der Waals surface area contributed by atoms with Crippen LogP contribution in [0.25, 0.3) is 0 Å². The summed E-state index contributed by atoms with van der Waals surface area (Å²) in [5.41, 5.74) is 6.24. The van der Waals surface area contributed by atoms with Gasteiger partial charge in [-0.15, -0.1) is 11.3 Å². The average molecular weight is 224 g/mol. The summed E-state index contributed by atoms with van der Waals surface area (Å²) >= 11 is 1.83. The van der Waals surface area contributed by atoms with Gasteiger partial charge in [0.15, 0.2) is 0 Å². The lowest BCUT2D eigenvalue weighted by Crippen LogP contribution is -2.39. The highest BCUT2D eigenvalue weighted by molar-refractivity contribution is 7.10. The van der Waals surface area contributed by atoms with E-state index in [0.717, 1.165) is 12.5 Å². The quantitative estimate of drug-likeness (QED) is 0.833. The molecule has 0 bridgehead atoms. The fourth-order valence-corrected chi connectivity index (χ4v) is 3.06. The second kappa shape index (κ2) is 4.64. The monoisotopic (exact) mass is 224 g/mol. The van der Waals surface area contributed by atoms with Crippen molar-refractivity contribution in [1.29, 1.82) is 0 Å². The molecule has 0 radical (unpaired) electrons. The maximum absolute atomic E-state index is 6.24. The van der Waals surface area contributed by atoms with Crippen molar-refractivity contribution < 1.29 is 0 Å². The molecule has 2 atom stereocenters. The van der Waals surface area contributed by atoms with Gasteiger partial charge in [0.2, 0.25) is 0 Å². The first-order valence-electron chi connectivity index (χ1n) is 5.75. The summed E-state index contributed by atoms with van der Waals surface area (Å²) in [6.07, 6.45) is 3.73. The van der Waals surface area contributed by atoms with Gasteiger partial charge in [-0.3, -0.25) is 4.90 Å². The minimum Gasteiger partial charge on any atom is -0.326 e. The van der Waals surface area contributed by atoms with Crippen LogP contribution in [0.2, 0.25) is 0 Å². The van der Waals surface area contributed by atoms with Gasteiger partial charge < -0.3 is 5.73 Å². The standard InChI is InChI=1S/C12H20N2S/c1-3-10(13)12(11-5-4-8-15-11)14(2)9-6-7-9/h4-5,8-10,12H,3,6-7,13H2,1-2H3. The van der Waals surface area contributed by atoms with Gasteiger partial charge in [0, 0.05) is 17.0 Å². The SMILES string of the molecule is CCC(N)C(c1cccs1)N(C)C1CC1. The van der Waals surface area contributed by atoms with E-state index in [-0.39, 0.29) is 6.04 Å². The Morgan fingerprint density at radius 1 is 1.60 bits per heavy atom. The molecule has 2 N–H and O–H groups in total. The van der Waals surface area contributed by atoms with E-state index < -0.39 is 0 Å². The van der Waals surface area contributed by atoms with Crippen LogP contribution in [-0.4, -0.2) is 24.0 Å². The zero-order chi connectivity index (χ0) is 10.8. The van der Waals surface area contributed by atoms with Crippen LogP contribution in [0, 0.1) is 0 Å². The van der Waals surface area contributed by atoms with Crippen LogP contribution >= 0.6 is 11.3 Å². The highest BCUT2D eigenvalue weighted by Gasteiger charge is 2.34. The van der Waals surface area contributed by atoms with Crippen molar-refractivity contribution in [2.45, 2.75) is 44.3 Å². The molecule has 2 unspecified atom stereocenters. The van der Waals surface area contributed by atoms with Crippen LogP contribution < -0.4 is 5.73 Å². The predicted molar refractivity (Wildman–Crippen MR) is 66.1 cm³/mol. The molecule has 0 amide bonds. The maximum atomic E-state index is 6.24. The van der Waals surface area contributed by atoms with Crippen molar-refractivity contribution in [2.24, 2.45) is 5.73 Å². The summed E-state index contributed by atoms with van der Waals surface area (Å²) in [6.45, 7) is 2.17. The summed E-state index contributed by atoms with van der Waals surface area (Å²) in [6, 6.07) is 5.78. The van der Waals surface area contributed by atoms with Crippen molar-refractivity contribution >= 4 is 11.3 Å². The Morgan fingerprint density at radius 3 is 2.80 bits per heavy atom. The number of likely N-dealkylation sites (N-methyl/N-ethyl adjacent to an activating group) is 1. The molecule has 0 aromatic carbocycles. The fourth-order valence-electron chi connectivity index (χ4n) is 2.11. The normalized spacial score (nSPS) is 20.5. The molecule has 2 nitrogen and oxygen atoms in total. The Kier molecular flexibility index (Phi) is 3.44. The molecular formula is C12H20N2S. The molecule has 0 aliphatic heterocycles. The van der Waals surface area contributed by atoms with Gasteiger partial charge in [-0.25, -0.2) is 0 Å². The van der Waals surface area contributed by atoms with Gasteiger partial charge in [-0.05, 0) is 37.8 Å². The summed E-state index contributed by atoms with van der Waals surface area (Å²) in [7, 11) is 2.22. The third-order valence-electron chi connectivity index (χ3n) is 3.27. The summed E-state index contributed by atoms with van der Waals surface area (Å²) in [4.78, 5) is 3.89. The van der Waals surface area contributed by atoms with Crippen molar-refractivity contribution in [3.63, 3.8) is 0 Å². The van der Waals surface area contributed by atoms with Crippen LogP contribution in [0.15, 0.2) is 17.5 Å². The van der Waals surface area contributed by atoms with E-state index in [1.165, 1.54) is 17.7 Å². The molecule has 1 aliphatic carbocycles. The van der Waals surface area contributed by atoms with E-state index in [2.05, 4.69) is 36.4 Å². The summed E-state index contributed by atoms with van der Waals surface area (Å²) in [5.74, 6) is 0. The second-order valence-electron chi connectivity index (χ2n) is 4.43. The Hall–Kier alpha value is -0.380. The van der Waals surface area contributed by atoms with Gasteiger partial charge in [0.1, 0.15) is 0 Å². The number of hydrogen-bond donors (Lipinski definition) is 1. The molecule has 1 fully saturated rings. The molecule has 0 spiro atoms. The molecule has 15 heavy (non-hydrogen) atoms. The predicted octanol–water partition coefficient (Wildman–Crippen LogP) is 2.62. The smallest absolute Gasteiger partial charge is 0.0593 e. The third-order valence-corrected chi connectivity index (χ3v) is 4.22. The molecule has 1 saturated carbocycles. The van der Waals surface area contributed by atoms with E-state index >= 15 is 0 Å². The molecule has 84 valence electrons. The lowest BCUT2D eigenvalue weighted by atomic mass is 10.0. The van der Waals surface area contributed by atoms with Gasteiger partial charge >= 0.3 is 0 Å². The molecule has 1 aromatic rings. The van der Waals surface area contributed by atoms with E-state index in [1.807, 2.05) is 11.3 Å². The fraction of sp³-hybridized carbons (Fsp3) is 0.667. The minimum absolute atomic E-state index is 0.259. The first-order chi connectivity index (χ1) is 7.24. The maximum Gasteiger partial charge on any atom is 0.0593 e. The van der Waals surface area contributed by atoms with Crippen LogP contribution in [0.5, 0.6) is 0 Å². The Labute approximate surface area is 96.1 Å². The first kappa shape index (κ1) is 11.1. The number of thiophene rings is 1. The first-order valence-corrected chi connectivity index (χ1v) is 6.63. The highest BCUT2D eigenvalue weighted by Crippen LogP contribution is 2.36. The lowest BCUT2D eigenvalue weighted by molar-refractivity contribution is 0.203. The van der Waals surface area contributed by atoms with Crippen molar-refractivity contribution in [3.8, 4) is 0 Å². The Bertz CT molecular complexity index is 293. The molecule has 1 aliphatic rings. The van der Waals surface area contributed by atoms with E-state index in [1.54, 1.807) is 0 Å². The number of nitrogens with zero attached hydrogens (tertiary/aromatic N) is 1. The van der Waals surface area contributed by atoms with E-state index in [4.69, 9.17) is 5.73 Å². The molecule has 2 rings (SSSR count). The molecule has 1 aromatic heterocycles. The van der Waals surface area contributed by atoms with Crippen LogP contribution in [0.1, 0.15) is 37.1 Å². The summed E-state index contributed by atoms with van der Waals surface area (Å²) in [5, 5.41) is 2.14. The Balaban J connectivity index is 2.15. The van der Waals surface area contributed by atoms with Gasteiger partial charge in [-0.2, -0.15) is 0 Å². The van der Waals surface area contributed by atoms with Crippen molar-refractivity contribution in [3.05, 3.63) is 22.4 Å². The van der Waals surface area contributed by atoms with Crippen molar-refractivity contribution in [2.75, 3.05) is 7.05 Å². The molecule has 1 heterocycles. The minimum atomic E-state index is 0.259. The van der Waals surface area contributed by atoms with E-state index in [0.29, 0.717) is 6.04 Å². The summed E-state index contributed by atoms with van der Waals surface area (Å²) < 4.78 is 0. The lowest BCUT2D eigenvalue weighted by Gasteiger charge is -2.31. The third kappa shape index (κ3) is 2.41. The topological polar surface area (TPSA) is 29.3 Å². The Morgan fingerprint density at radius 2 is 2.33 bits per heavy atom. The molecule has 3 heteroatoms. The van der Waals surface area contributed by atoms with Gasteiger partial charge in [0.05, 0.1) is 6.04 Å². The number of rotatable bonds is 5. The van der Waals surface area contributed by atoms with Crippen LogP contribution in [-0.2, 0) is 0 Å². The van der Waals surface area contributed by atoms with Crippen molar-refractivity contribution in [1.82, 2.24) is 4.90 Å². The molecule has 0 saturated heterocycles. The van der Waals surface area contributed by atoms with E-state index in [9.17, 15) is 0 Å². The van der Waals surface area contributed by atoms with Crippen LogP contribution in [0.3, 0.4) is 0 Å². The number of nitrogens with two attached hydrogens (primary N) is 1. The van der Waals surface area contributed by atoms with Gasteiger partial charge in [-0.1, -0.05) is 13.0 Å².